The van der Waals surface area contributed by atoms with Crippen LogP contribution < -0.4 is 10.6 Å². The molecule has 0 amide bonds. The lowest BCUT2D eigenvalue weighted by Crippen LogP contribution is -2.27. The van der Waals surface area contributed by atoms with Crippen molar-refractivity contribution >= 4 is 11.8 Å². The third-order valence-corrected chi connectivity index (χ3v) is 2.17. The molecule has 5 heteroatoms. The molecule has 0 saturated heterocycles. The smallest absolute Gasteiger partial charge is 0.224 e. The van der Waals surface area contributed by atoms with Gasteiger partial charge in [0.2, 0.25) is 5.95 Å². The predicted octanol–water partition coefficient (Wildman–Crippen LogP) is 1.34. The van der Waals surface area contributed by atoms with Gasteiger partial charge in [0.15, 0.2) is 0 Å². The fourth-order valence-electron chi connectivity index (χ4n) is 1.09. The molecule has 0 radical (unpaired) electrons. The van der Waals surface area contributed by atoms with Crippen molar-refractivity contribution in [1.29, 1.82) is 0 Å². The number of rotatable bonds is 6. The van der Waals surface area contributed by atoms with Gasteiger partial charge in [-0.2, -0.15) is 4.98 Å². The average molecular weight is 224 g/mol. The number of nitrogens with one attached hydrogen (secondary N) is 2. The maximum atomic E-state index is 9.13. The van der Waals surface area contributed by atoms with E-state index in [0.717, 1.165) is 12.4 Å². The van der Waals surface area contributed by atoms with Crippen LogP contribution in [0.3, 0.4) is 0 Å². The lowest BCUT2D eigenvalue weighted by atomic mass is 9.95. The standard InChI is InChI=1S/C11H20N4O/c1-4-12-10-13-6-5-9(15-10)14-7-11(2,3)8-16/h5-6,16H,4,7-8H2,1-3H3,(H2,12,13,14,15). The summed E-state index contributed by atoms with van der Waals surface area (Å²) in [5.74, 6) is 1.39. The van der Waals surface area contributed by atoms with Gasteiger partial charge >= 0.3 is 0 Å². The Hall–Kier alpha value is -1.36. The van der Waals surface area contributed by atoms with Gasteiger partial charge in [-0.3, -0.25) is 0 Å². The van der Waals surface area contributed by atoms with Crippen LogP contribution in [0.4, 0.5) is 11.8 Å². The Balaban J connectivity index is 2.57. The summed E-state index contributed by atoms with van der Waals surface area (Å²) < 4.78 is 0. The monoisotopic (exact) mass is 224 g/mol. The van der Waals surface area contributed by atoms with Crippen molar-refractivity contribution in [3.8, 4) is 0 Å². The molecule has 0 aliphatic rings. The van der Waals surface area contributed by atoms with Crippen LogP contribution in [0.25, 0.3) is 0 Å². The van der Waals surface area contributed by atoms with E-state index in [-0.39, 0.29) is 12.0 Å². The Bertz CT molecular complexity index is 328. The zero-order chi connectivity index (χ0) is 12.0. The zero-order valence-corrected chi connectivity index (χ0v) is 10.1. The normalized spacial score (nSPS) is 11.2. The van der Waals surface area contributed by atoms with E-state index < -0.39 is 0 Å². The van der Waals surface area contributed by atoms with Gasteiger partial charge in [0, 0.05) is 31.3 Å². The van der Waals surface area contributed by atoms with E-state index in [9.17, 15) is 0 Å². The molecule has 1 aromatic heterocycles. The topological polar surface area (TPSA) is 70.1 Å². The number of aromatic nitrogens is 2. The Labute approximate surface area is 96.3 Å². The quantitative estimate of drug-likeness (QED) is 0.680. The highest BCUT2D eigenvalue weighted by Gasteiger charge is 2.16. The van der Waals surface area contributed by atoms with Crippen LogP contribution in [0.2, 0.25) is 0 Å². The van der Waals surface area contributed by atoms with Crippen molar-refractivity contribution in [3.05, 3.63) is 12.3 Å². The summed E-state index contributed by atoms with van der Waals surface area (Å²) in [6.45, 7) is 7.60. The minimum absolute atomic E-state index is 0.144. The minimum Gasteiger partial charge on any atom is -0.396 e. The molecule has 3 N–H and O–H groups in total. The molecule has 1 rings (SSSR count). The van der Waals surface area contributed by atoms with Gasteiger partial charge in [-0.1, -0.05) is 13.8 Å². The summed E-state index contributed by atoms with van der Waals surface area (Å²) in [5.41, 5.74) is -0.150. The van der Waals surface area contributed by atoms with Gasteiger partial charge in [-0.15, -0.1) is 0 Å². The molecule has 0 spiro atoms. The molecule has 5 nitrogen and oxygen atoms in total. The highest BCUT2D eigenvalue weighted by Crippen LogP contribution is 2.15. The third-order valence-electron chi connectivity index (χ3n) is 2.17. The van der Waals surface area contributed by atoms with Crippen LogP contribution in [0.15, 0.2) is 12.3 Å². The van der Waals surface area contributed by atoms with Crippen LogP contribution >= 0.6 is 0 Å². The van der Waals surface area contributed by atoms with E-state index >= 15 is 0 Å². The van der Waals surface area contributed by atoms with Crippen molar-refractivity contribution in [2.75, 3.05) is 30.3 Å². The summed E-state index contributed by atoms with van der Waals surface area (Å²) >= 11 is 0. The first-order valence-corrected chi connectivity index (χ1v) is 5.49. The van der Waals surface area contributed by atoms with Crippen LogP contribution in [0, 0.1) is 5.41 Å². The minimum atomic E-state index is -0.150. The Morgan fingerprint density at radius 2 is 2.12 bits per heavy atom. The number of nitrogens with zero attached hydrogens (tertiary/aromatic N) is 2. The van der Waals surface area contributed by atoms with E-state index in [1.165, 1.54) is 0 Å². The number of aliphatic hydroxyl groups is 1. The molecule has 0 fully saturated rings. The molecular formula is C11H20N4O. The zero-order valence-electron chi connectivity index (χ0n) is 10.1. The van der Waals surface area contributed by atoms with Crippen molar-refractivity contribution in [1.82, 2.24) is 9.97 Å². The molecule has 0 aromatic carbocycles. The number of aliphatic hydroxyl groups excluding tert-OH is 1. The third kappa shape index (κ3) is 4.02. The number of hydrogen-bond acceptors (Lipinski definition) is 5. The molecule has 0 unspecified atom stereocenters. The van der Waals surface area contributed by atoms with E-state index in [1.807, 2.05) is 26.8 Å². The van der Waals surface area contributed by atoms with E-state index in [2.05, 4.69) is 20.6 Å². The van der Waals surface area contributed by atoms with Crippen molar-refractivity contribution in [2.45, 2.75) is 20.8 Å². The Morgan fingerprint density at radius 1 is 1.38 bits per heavy atom. The molecule has 1 aromatic rings. The molecule has 0 aliphatic carbocycles. The Kier molecular flexibility index (Phi) is 4.49. The fourth-order valence-corrected chi connectivity index (χ4v) is 1.09. The molecule has 0 atom stereocenters. The summed E-state index contributed by atoms with van der Waals surface area (Å²) in [4.78, 5) is 8.37. The molecule has 0 bridgehead atoms. The van der Waals surface area contributed by atoms with E-state index in [1.54, 1.807) is 6.20 Å². The second kappa shape index (κ2) is 5.65. The van der Waals surface area contributed by atoms with Crippen LogP contribution in [0.1, 0.15) is 20.8 Å². The Morgan fingerprint density at radius 3 is 2.75 bits per heavy atom. The largest absolute Gasteiger partial charge is 0.396 e. The van der Waals surface area contributed by atoms with Gasteiger partial charge in [0.1, 0.15) is 5.82 Å². The van der Waals surface area contributed by atoms with Crippen LogP contribution in [0.5, 0.6) is 0 Å². The molecule has 0 saturated carbocycles. The van der Waals surface area contributed by atoms with Gasteiger partial charge in [0.25, 0.3) is 0 Å². The molecule has 0 aliphatic heterocycles. The SMILES string of the molecule is CCNc1nccc(NCC(C)(C)CO)n1. The molecule has 16 heavy (non-hydrogen) atoms. The van der Waals surface area contributed by atoms with E-state index in [0.29, 0.717) is 12.5 Å². The van der Waals surface area contributed by atoms with Crippen molar-refractivity contribution in [2.24, 2.45) is 5.41 Å². The second-order valence-electron chi connectivity index (χ2n) is 4.47. The van der Waals surface area contributed by atoms with Crippen LogP contribution in [-0.2, 0) is 0 Å². The first-order chi connectivity index (χ1) is 7.57. The van der Waals surface area contributed by atoms with E-state index in [4.69, 9.17) is 5.11 Å². The lowest BCUT2D eigenvalue weighted by molar-refractivity contribution is 0.170. The first-order valence-electron chi connectivity index (χ1n) is 5.49. The summed E-state index contributed by atoms with van der Waals surface area (Å²) in [6, 6.07) is 1.81. The maximum absolute atomic E-state index is 9.13. The van der Waals surface area contributed by atoms with Crippen LogP contribution in [-0.4, -0.2) is 34.8 Å². The summed E-state index contributed by atoms with van der Waals surface area (Å²) in [5, 5.41) is 15.4. The summed E-state index contributed by atoms with van der Waals surface area (Å²) in [6.07, 6.45) is 1.71. The first kappa shape index (κ1) is 12.7. The van der Waals surface area contributed by atoms with Gasteiger partial charge < -0.3 is 15.7 Å². The fraction of sp³-hybridized carbons (Fsp3) is 0.636. The maximum Gasteiger partial charge on any atom is 0.224 e. The summed E-state index contributed by atoms with van der Waals surface area (Å²) in [7, 11) is 0. The van der Waals surface area contributed by atoms with Crippen molar-refractivity contribution in [3.63, 3.8) is 0 Å². The van der Waals surface area contributed by atoms with Crippen molar-refractivity contribution < 1.29 is 5.11 Å². The second-order valence-corrected chi connectivity index (χ2v) is 4.47. The average Bonchev–Trinajstić information content (AvgIpc) is 2.28. The highest BCUT2D eigenvalue weighted by atomic mass is 16.3. The lowest BCUT2D eigenvalue weighted by Gasteiger charge is -2.22. The number of hydrogen-bond donors (Lipinski definition) is 3. The predicted molar refractivity (Wildman–Crippen MR) is 65.6 cm³/mol. The highest BCUT2D eigenvalue weighted by molar-refractivity contribution is 5.39. The molecule has 90 valence electrons. The van der Waals surface area contributed by atoms with Gasteiger partial charge in [-0.05, 0) is 13.0 Å². The van der Waals surface area contributed by atoms with Gasteiger partial charge in [-0.25, -0.2) is 4.98 Å². The number of anilines is 2. The molecule has 1 heterocycles. The molecular weight excluding hydrogens is 204 g/mol. The van der Waals surface area contributed by atoms with Gasteiger partial charge in [0.05, 0.1) is 0 Å².